The van der Waals surface area contributed by atoms with Crippen LogP contribution < -0.4 is 0 Å². The van der Waals surface area contributed by atoms with Gasteiger partial charge in [-0.2, -0.15) is 0 Å². The van der Waals surface area contributed by atoms with E-state index in [1.807, 2.05) is 6.92 Å². The molecule has 0 saturated heterocycles. The normalized spacial score (nSPS) is 13.3. The molecule has 0 aliphatic rings. The molecular formula is C11H16O4. The van der Waals surface area contributed by atoms with Gasteiger partial charge in [0.2, 0.25) is 0 Å². The molecule has 0 spiro atoms. The smallest absolute Gasteiger partial charge is 0.332 e. The summed E-state index contributed by atoms with van der Waals surface area (Å²) in [4.78, 5) is 21.3. The van der Waals surface area contributed by atoms with E-state index in [1.54, 1.807) is 0 Å². The zero-order chi connectivity index (χ0) is 11.8. The van der Waals surface area contributed by atoms with Crippen LogP contribution in [0.2, 0.25) is 0 Å². The molecule has 1 unspecified atom stereocenters. The second kappa shape index (κ2) is 6.81. The Balaban J connectivity index is 4.78. The van der Waals surface area contributed by atoms with Crippen LogP contribution >= 0.6 is 0 Å². The van der Waals surface area contributed by atoms with E-state index >= 15 is 0 Å². The molecule has 4 heteroatoms. The van der Waals surface area contributed by atoms with Crippen molar-refractivity contribution < 1.29 is 19.8 Å². The predicted molar refractivity (Wildman–Crippen MR) is 56.6 cm³/mol. The summed E-state index contributed by atoms with van der Waals surface area (Å²) in [7, 11) is 0. The molecule has 2 N–H and O–H groups in total. The van der Waals surface area contributed by atoms with Crippen molar-refractivity contribution >= 4 is 11.9 Å². The molecule has 0 aromatic carbocycles. The summed E-state index contributed by atoms with van der Waals surface area (Å²) in [5.74, 6) is -2.83. The van der Waals surface area contributed by atoms with Crippen LogP contribution in [0.25, 0.3) is 0 Å². The summed E-state index contributed by atoms with van der Waals surface area (Å²) in [5, 5.41) is 17.4. The Morgan fingerprint density at radius 2 is 2.00 bits per heavy atom. The van der Waals surface area contributed by atoms with Gasteiger partial charge in [-0.05, 0) is 6.42 Å². The Kier molecular flexibility index (Phi) is 6.09. The first kappa shape index (κ1) is 13.4. The van der Waals surface area contributed by atoms with Crippen LogP contribution in [0.4, 0.5) is 0 Å². The Hall–Kier alpha value is -1.58. The van der Waals surface area contributed by atoms with Gasteiger partial charge in [0.05, 0.1) is 5.57 Å². The van der Waals surface area contributed by atoms with Crippen molar-refractivity contribution in [3.05, 3.63) is 24.3 Å². The van der Waals surface area contributed by atoms with Gasteiger partial charge < -0.3 is 10.2 Å². The molecule has 1 atom stereocenters. The third-order valence-corrected chi connectivity index (χ3v) is 2.08. The van der Waals surface area contributed by atoms with Crippen molar-refractivity contribution in [2.24, 2.45) is 5.92 Å². The highest BCUT2D eigenvalue weighted by Gasteiger charge is 2.18. The second-order valence-corrected chi connectivity index (χ2v) is 3.23. The number of carboxylic acid groups (broad SMARTS) is 2. The van der Waals surface area contributed by atoms with Gasteiger partial charge in [-0.25, -0.2) is 9.59 Å². The van der Waals surface area contributed by atoms with Crippen LogP contribution in [0, 0.1) is 5.92 Å². The summed E-state index contributed by atoms with van der Waals surface area (Å²) >= 11 is 0. The number of allylic oxidation sites excluding steroid dienone is 1. The Morgan fingerprint density at radius 3 is 2.33 bits per heavy atom. The van der Waals surface area contributed by atoms with E-state index in [9.17, 15) is 9.59 Å². The van der Waals surface area contributed by atoms with Crippen LogP contribution in [-0.2, 0) is 9.59 Å². The number of carbonyl (C=O) groups is 2. The van der Waals surface area contributed by atoms with Crippen LogP contribution in [0.3, 0.4) is 0 Å². The summed E-state index contributed by atoms with van der Waals surface area (Å²) < 4.78 is 0. The molecule has 0 aromatic rings. The summed E-state index contributed by atoms with van der Waals surface area (Å²) in [6.45, 7) is 5.52. The zero-order valence-corrected chi connectivity index (χ0v) is 8.77. The first-order chi connectivity index (χ1) is 7.02. The number of hydrogen-bond acceptors (Lipinski definition) is 2. The van der Waals surface area contributed by atoms with Crippen LogP contribution in [0.15, 0.2) is 24.3 Å². The van der Waals surface area contributed by atoms with Gasteiger partial charge in [-0.1, -0.05) is 25.8 Å². The molecule has 0 radical (unpaired) electrons. The van der Waals surface area contributed by atoms with Gasteiger partial charge in [0.1, 0.15) is 0 Å². The molecule has 0 saturated carbocycles. The molecule has 0 aliphatic heterocycles. The highest BCUT2D eigenvalue weighted by Crippen LogP contribution is 2.19. The van der Waals surface area contributed by atoms with Crippen LogP contribution in [-0.4, -0.2) is 22.2 Å². The van der Waals surface area contributed by atoms with Crippen molar-refractivity contribution in [1.82, 2.24) is 0 Å². The van der Waals surface area contributed by atoms with E-state index < -0.39 is 17.9 Å². The van der Waals surface area contributed by atoms with Crippen molar-refractivity contribution in [2.75, 3.05) is 0 Å². The van der Waals surface area contributed by atoms with Crippen molar-refractivity contribution in [1.29, 1.82) is 0 Å². The highest BCUT2D eigenvalue weighted by atomic mass is 16.4. The van der Waals surface area contributed by atoms with E-state index in [0.717, 1.165) is 18.9 Å². The number of aliphatic carboxylic acids is 2. The van der Waals surface area contributed by atoms with Gasteiger partial charge >= 0.3 is 11.9 Å². The van der Waals surface area contributed by atoms with Crippen molar-refractivity contribution in [2.45, 2.75) is 26.2 Å². The molecule has 0 heterocycles. The fraction of sp³-hybridized carbons (Fsp3) is 0.455. The minimum Gasteiger partial charge on any atom is -0.478 e. The fourth-order valence-corrected chi connectivity index (χ4v) is 1.28. The summed E-state index contributed by atoms with van der Waals surface area (Å²) in [5.41, 5.74) is -0.106. The molecule has 0 bridgehead atoms. The first-order valence-corrected chi connectivity index (χ1v) is 4.83. The largest absolute Gasteiger partial charge is 0.478 e. The summed E-state index contributed by atoms with van der Waals surface area (Å²) in [6, 6.07) is 0. The standard InChI is InChI=1S/C11H16O4/c1-3-5-6-8(4-2)9(11(14)15)7-10(12)13/h4,7-8H,2-3,5-6H2,1H3,(H,12,13)(H,14,15). The monoisotopic (exact) mass is 212 g/mol. The van der Waals surface area contributed by atoms with E-state index in [-0.39, 0.29) is 5.57 Å². The van der Waals surface area contributed by atoms with Gasteiger partial charge in [0.25, 0.3) is 0 Å². The average molecular weight is 212 g/mol. The molecule has 4 nitrogen and oxygen atoms in total. The number of carboxylic acids is 2. The van der Waals surface area contributed by atoms with E-state index in [0.29, 0.717) is 6.42 Å². The average Bonchev–Trinajstić information content (AvgIpc) is 2.16. The molecule has 84 valence electrons. The number of unbranched alkanes of at least 4 members (excludes halogenated alkanes) is 1. The Labute approximate surface area is 88.9 Å². The Bertz CT molecular complexity index is 278. The van der Waals surface area contributed by atoms with Crippen molar-refractivity contribution in [3.63, 3.8) is 0 Å². The summed E-state index contributed by atoms with van der Waals surface area (Å²) in [6.07, 6.45) is 4.62. The maximum Gasteiger partial charge on any atom is 0.332 e. The van der Waals surface area contributed by atoms with E-state index in [1.165, 1.54) is 6.08 Å². The minimum atomic E-state index is -1.24. The topological polar surface area (TPSA) is 74.6 Å². The van der Waals surface area contributed by atoms with Gasteiger partial charge in [0.15, 0.2) is 0 Å². The second-order valence-electron chi connectivity index (χ2n) is 3.23. The zero-order valence-electron chi connectivity index (χ0n) is 8.77. The molecule has 0 fully saturated rings. The molecular weight excluding hydrogens is 196 g/mol. The van der Waals surface area contributed by atoms with Crippen LogP contribution in [0.1, 0.15) is 26.2 Å². The van der Waals surface area contributed by atoms with Crippen molar-refractivity contribution in [3.8, 4) is 0 Å². The molecule has 15 heavy (non-hydrogen) atoms. The molecule has 0 aliphatic carbocycles. The number of rotatable bonds is 7. The Morgan fingerprint density at radius 1 is 1.40 bits per heavy atom. The third-order valence-electron chi connectivity index (χ3n) is 2.08. The third kappa shape index (κ3) is 5.00. The lowest BCUT2D eigenvalue weighted by Gasteiger charge is -2.11. The van der Waals surface area contributed by atoms with Gasteiger partial charge in [-0.15, -0.1) is 6.58 Å². The quantitative estimate of drug-likeness (QED) is 0.500. The van der Waals surface area contributed by atoms with Gasteiger partial charge in [-0.3, -0.25) is 0 Å². The lowest BCUT2D eigenvalue weighted by molar-refractivity contribution is -0.135. The molecule has 0 amide bonds. The minimum absolute atomic E-state index is 0.106. The molecule has 0 rings (SSSR count). The highest BCUT2D eigenvalue weighted by molar-refractivity contribution is 5.95. The van der Waals surface area contributed by atoms with Gasteiger partial charge in [0, 0.05) is 12.0 Å². The fourth-order valence-electron chi connectivity index (χ4n) is 1.28. The first-order valence-electron chi connectivity index (χ1n) is 4.83. The predicted octanol–water partition coefficient (Wildman–Crippen LogP) is 2.07. The lowest BCUT2D eigenvalue weighted by Crippen LogP contribution is -2.12. The number of hydrogen-bond donors (Lipinski definition) is 2. The SMILES string of the molecule is C=CC(CCCC)C(=CC(=O)O)C(=O)O. The lowest BCUT2D eigenvalue weighted by atomic mass is 9.93. The van der Waals surface area contributed by atoms with E-state index in [2.05, 4.69) is 6.58 Å². The van der Waals surface area contributed by atoms with E-state index in [4.69, 9.17) is 10.2 Å². The maximum absolute atomic E-state index is 10.8. The molecule has 0 aromatic heterocycles. The van der Waals surface area contributed by atoms with Crippen LogP contribution in [0.5, 0.6) is 0 Å². The maximum atomic E-state index is 10.8.